The Bertz CT molecular complexity index is 289. The molecule has 0 saturated carbocycles. The molecule has 16 heavy (non-hydrogen) atoms. The number of imidazole rings is 1. The van der Waals surface area contributed by atoms with Gasteiger partial charge in [0.05, 0.1) is 12.7 Å². The molecule has 0 aliphatic rings. The van der Waals surface area contributed by atoms with E-state index in [1.54, 1.807) is 6.20 Å². The first-order valence-electron chi connectivity index (χ1n) is 5.66. The van der Waals surface area contributed by atoms with E-state index in [0.717, 1.165) is 18.8 Å². The molecule has 0 aliphatic heterocycles. The molecule has 1 aromatic rings. The molecule has 2 N–H and O–H groups in total. The second-order valence-corrected chi connectivity index (χ2v) is 3.72. The Balaban J connectivity index is 2.06. The highest BCUT2D eigenvalue weighted by molar-refractivity contribution is 4.91. The summed E-state index contributed by atoms with van der Waals surface area (Å²) in [5.74, 6) is 1.05. The summed E-state index contributed by atoms with van der Waals surface area (Å²) in [6, 6.07) is 0. The third-order valence-corrected chi connectivity index (χ3v) is 2.34. The summed E-state index contributed by atoms with van der Waals surface area (Å²) in [5.41, 5.74) is 0. The van der Waals surface area contributed by atoms with Gasteiger partial charge >= 0.3 is 0 Å². The number of ether oxygens (including phenoxy) is 1. The SMILES string of the molecule is CCOCC(O)CNCCc1nccn1C. The number of nitrogens with one attached hydrogen (secondary N) is 1. The van der Waals surface area contributed by atoms with Gasteiger partial charge in [-0.05, 0) is 6.92 Å². The fourth-order valence-electron chi connectivity index (χ4n) is 1.42. The van der Waals surface area contributed by atoms with E-state index in [1.807, 2.05) is 24.7 Å². The number of rotatable bonds is 8. The van der Waals surface area contributed by atoms with E-state index in [0.29, 0.717) is 19.8 Å². The van der Waals surface area contributed by atoms with Crippen LogP contribution in [0.4, 0.5) is 0 Å². The lowest BCUT2D eigenvalue weighted by Crippen LogP contribution is -2.31. The van der Waals surface area contributed by atoms with Gasteiger partial charge in [-0.3, -0.25) is 0 Å². The van der Waals surface area contributed by atoms with Gasteiger partial charge in [0.15, 0.2) is 0 Å². The maximum atomic E-state index is 9.48. The van der Waals surface area contributed by atoms with Gasteiger partial charge in [-0.15, -0.1) is 0 Å². The van der Waals surface area contributed by atoms with Crippen LogP contribution >= 0.6 is 0 Å². The molecule has 0 amide bonds. The van der Waals surface area contributed by atoms with Gasteiger partial charge < -0.3 is 19.7 Å². The summed E-state index contributed by atoms with van der Waals surface area (Å²) in [6.45, 7) is 4.33. The number of hydrogen-bond acceptors (Lipinski definition) is 4. The Hall–Kier alpha value is -0.910. The molecule has 0 bridgehead atoms. The molecule has 1 aromatic heterocycles. The van der Waals surface area contributed by atoms with Crippen molar-refractivity contribution in [1.82, 2.24) is 14.9 Å². The molecule has 0 aliphatic carbocycles. The largest absolute Gasteiger partial charge is 0.389 e. The average molecular weight is 227 g/mol. The van der Waals surface area contributed by atoms with Crippen molar-refractivity contribution in [2.75, 3.05) is 26.3 Å². The second kappa shape index (κ2) is 7.38. The molecule has 5 nitrogen and oxygen atoms in total. The van der Waals surface area contributed by atoms with Crippen molar-refractivity contribution in [1.29, 1.82) is 0 Å². The molecule has 0 radical (unpaired) electrons. The molecule has 0 fully saturated rings. The number of aromatic nitrogens is 2. The first-order chi connectivity index (χ1) is 7.74. The molecular weight excluding hydrogens is 206 g/mol. The van der Waals surface area contributed by atoms with Gasteiger partial charge in [-0.1, -0.05) is 0 Å². The van der Waals surface area contributed by atoms with E-state index < -0.39 is 6.10 Å². The van der Waals surface area contributed by atoms with Crippen LogP contribution in [0.1, 0.15) is 12.7 Å². The zero-order valence-electron chi connectivity index (χ0n) is 10.0. The molecule has 1 atom stereocenters. The molecule has 1 unspecified atom stereocenters. The summed E-state index contributed by atoms with van der Waals surface area (Å²) in [5, 5.41) is 12.7. The Morgan fingerprint density at radius 2 is 2.44 bits per heavy atom. The van der Waals surface area contributed by atoms with Crippen LogP contribution in [0, 0.1) is 0 Å². The minimum Gasteiger partial charge on any atom is -0.389 e. The summed E-state index contributed by atoms with van der Waals surface area (Å²) in [7, 11) is 1.98. The van der Waals surface area contributed by atoms with Crippen molar-refractivity contribution in [3.63, 3.8) is 0 Å². The minimum absolute atomic E-state index is 0.395. The van der Waals surface area contributed by atoms with Crippen molar-refractivity contribution in [3.8, 4) is 0 Å². The Morgan fingerprint density at radius 3 is 3.06 bits per heavy atom. The van der Waals surface area contributed by atoms with Crippen LogP contribution in [-0.4, -0.2) is 47.1 Å². The fourth-order valence-corrected chi connectivity index (χ4v) is 1.42. The van der Waals surface area contributed by atoms with Crippen LogP contribution < -0.4 is 5.32 Å². The maximum Gasteiger partial charge on any atom is 0.109 e. The van der Waals surface area contributed by atoms with Gasteiger partial charge in [0, 0.05) is 45.6 Å². The maximum absolute atomic E-state index is 9.48. The van der Waals surface area contributed by atoms with Crippen LogP contribution in [0.25, 0.3) is 0 Å². The van der Waals surface area contributed by atoms with Gasteiger partial charge in [-0.25, -0.2) is 4.98 Å². The molecule has 0 aromatic carbocycles. The molecule has 1 heterocycles. The summed E-state index contributed by atoms with van der Waals surface area (Å²) in [6.07, 6.45) is 4.16. The Labute approximate surface area is 96.4 Å². The first-order valence-corrected chi connectivity index (χ1v) is 5.66. The predicted molar refractivity (Wildman–Crippen MR) is 62.3 cm³/mol. The number of nitrogens with zero attached hydrogens (tertiary/aromatic N) is 2. The van der Waals surface area contributed by atoms with Crippen LogP contribution in [0.15, 0.2) is 12.4 Å². The number of aliphatic hydroxyl groups is 1. The second-order valence-electron chi connectivity index (χ2n) is 3.72. The Kier molecular flexibility index (Phi) is 6.07. The van der Waals surface area contributed by atoms with E-state index in [1.165, 1.54) is 0 Å². The lowest BCUT2D eigenvalue weighted by molar-refractivity contribution is 0.0430. The van der Waals surface area contributed by atoms with Crippen LogP contribution in [0.5, 0.6) is 0 Å². The first kappa shape index (κ1) is 13.2. The highest BCUT2D eigenvalue weighted by atomic mass is 16.5. The minimum atomic E-state index is -0.429. The lowest BCUT2D eigenvalue weighted by atomic mass is 10.3. The highest BCUT2D eigenvalue weighted by Gasteiger charge is 2.03. The average Bonchev–Trinajstić information content (AvgIpc) is 2.67. The molecule has 1 rings (SSSR count). The normalized spacial score (nSPS) is 12.9. The van der Waals surface area contributed by atoms with E-state index in [4.69, 9.17) is 4.74 Å². The van der Waals surface area contributed by atoms with Crippen molar-refractivity contribution in [2.45, 2.75) is 19.4 Å². The zero-order valence-corrected chi connectivity index (χ0v) is 10.0. The van der Waals surface area contributed by atoms with Crippen molar-refractivity contribution in [3.05, 3.63) is 18.2 Å². The van der Waals surface area contributed by atoms with Gasteiger partial charge in [-0.2, -0.15) is 0 Å². The standard InChI is InChI=1S/C11H21N3O2/c1-3-16-9-10(15)8-12-5-4-11-13-6-7-14(11)2/h6-7,10,12,15H,3-5,8-9H2,1-2H3. The van der Waals surface area contributed by atoms with Crippen LogP contribution in [-0.2, 0) is 18.2 Å². The molecule has 0 spiro atoms. The molecule has 5 heteroatoms. The van der Waals surface area contributed by atoms with Gasteiger partial charge in [0.1, 0.15) is 5.82 Å². The van der Waals surface area contributed by atoms with Gasteiger partial charge in [0.2, 0.25) is 0 Å². The highest BCUT2D eigenvalue weighted by Crippen LogP contribution is 1.94. The fraction of sp³-hybridized carbons (Fsp3) is 0.727. The number of hydrogen-bond donors (Lipinski definition) is 2. The summed E-state index contributed by atoms with van der Waals surface area (Å²) in [4.78, 5) is 4.22. The summed E-state index contributed by atoms with van der Waals surface area (Å²) >= 11 is 0. The van der Waals surface area contributed by atoms with E-state index in [2.05, 4.69) is 10.3 Å². The smallest absolute Gasteiger partial charge is 0.109 e. The molecular formula is C11H21N3O2. The molecule has 0 saturated heterocycles. The Morgan fingerprint density at radius 1 is 1.62 bits per heavy atom. The number of aryl methyl sites for hydroxylation is 1. The third kappa shape index (κ3) is 4.74. The topological polar surface area (TPSA) is 59.3 Å². The monoisotopic (exact) mass is 227 g/mol. The quantitative estimate of drug-likeness (QED) is 0.611. The third-order valence-electron chi connectivity index (χ3n) is 2.34. The lowest BCUT2D eigenvalue weighted by Gasteiger charge is -2.11. The van der Waals surface area contributed by atoms with Crippen molar-refractivity contribution in [2.24, 2.45) is 7.05 Å². The van der Waals surface area contributed by atoms with E-state index in [-0.39, 0.29) is 0 Å². The van der Waals surface area contributed by atoms with E-state index in [9.17, 15) is 5.11 Å². The van der Waals surface area contributed by atoms with Gasteiger partial charge in [0.25, 0.3) is 0 Å². The van der Waals surface area contributed by atoms with Crippen LogP contribution in [0.2, 0.25) is 0 Å². The molecule has 92 valence electrons. The predicted octanol–water partition coefficient (Wildman–Crippen LogP) is -0.0504. The summed E-state index contributed by atoms with van der Waals surface area (Å²) < 4.78 is 7.11. The van der Waals surface area contributed by atoms with Crippen LogP contribution in [0.3, 0.4) is 0 Å². The zero-order chi connectivity index (χ0) is 11.8. The van der Waals surface area contributed by atoms with Crippen molar-refractivity contribution >= 4 is 0 Å². The van der Waals surface area contributed by atoms with E-state index >= 15 is 0 Å². The van der Waals surface area contributed by atoms with Crippen molar-refractivity contribution < 1.29 is 9.84 Å². The number of aliphatic hydroxyl groups excluding tert-OH is 1.